The van der Waals surface area contributed by atoms with Crippen molar-refractivity contribution in [3.63, 3.8) is 0 Å². The van der Waals surface area contributed by atoms with E-state index in [9.17, 15) is 9.90 Å². The van der Waals surface area contributed by atoms with E-state index in [4.69, 9.17) is 21.4 Å². The Morgan fingerprint density at radius 1 is 1.16 bits per heavy atom. The smallest absolute Gasteiger partial charge is 0.306 e. The third kappa shape index (κ3) is 3.96. The van der Waals surface area contributed by atoms with E-state index in [1.807, 2.05) is 36.4 Å². The zero-order valence-electron chi connectivity index (χ0n) is 16.7. The van der Waals surface area contributed by atoms with Gasteiger partial charge in [-0.2, -0.15) is 4.89 Å². The van der Waals surface area contributed by atoms with E-state index >= 15 is 0 Å². The van der Waals surface area contributed by atoms with E-state index in [1.54, 1.807) is 0 Å². The van der Waals surface area contributed by atoms with Gasteiger partial charge in [0, 0.05) is 41.0 Å². The van der Waals surface area contributed by atoms with Crippen molar-refractivity contribution in [2.75, 3.05) is 23.3 Å². The number of halogens is 1. The quantitative estimate of drug-likeness (QED) is 0.574. The van der Waals surface area contributed by atoms with Crippen LogP contribution in [0.4, 0.5) is 11.6 Å². The van der Waals surface area contributed by atoms with Gasteiger partial charge in [-0.15, -0.1) is 10.2 Å². The molecule has 1 aromatic heterocycles. The van der Waals surface area contributed by atoms with Crippen LogP contribution in [0, 0.1) is 5.92 Å². The average molecular weight is 441 g/mol. The summed E-state index contributed by atoms with van der Waals surface area (Å²) in [4.78, 5) is 23.5. The molecular formula is C22H21ClN4O4. The standard InChI is InChI=1S/C22H21ClN4O4/c23-16-3-4-17-18(10-16)21(27-7-5-14(6-8-27)22(28)29)26-25-20(17)24-11-13-1-2-15-12-30-31-19(15)9-13/h1-4,9-10,14H,5-8,11-12H2,(H,24,25)(H,28,29). The number of nitrogens with one attached hydrogen (secondary N) is 1. The topological polar surface area (TPSA) is 96.8 Å². The van der Waals surface area contributed by atoms with Gasteiger partial charge >= 0.3 is 5.97 Å². The lowest BCUT2D eigenvalue weighted by atomic mass is 9.97. The van der Waals surface area contributed by atoms with Crippen molar-refractivity contribution in [2.24, 2.45) is 5.92 Å². The van der Waals surface area contributed by atoms with E-state index in [0.29, 0.717) is 49.9 Å². The van der Waals surface area contributed by atoms with Crippen LogP contribution >= 0.6 is 11.6 Å². The van der Waals surface area contributed by atoms with Crippen molar-refractivity contribution in [3.05, 3.63) is 52.5 Å². The van der Waals surface area contributed by atoms with Gasteiger partial charge in [0.2, 0.25) is 0 Å². The fraction of sp³-hybridized carbons (Fsp3) is 0.318. The first-order valence-corrected chi connectivity index (χ1v) is 10.5. The molecule has 0 spiro atoms. The molecule has 1 saturated heterocycles. The molecule has 0 radical (unpaired) electrons. The summed E-state index contributed by atoms with van der Waals surface area (Å²) in [6.07, 6.45) is 1.17. The molecule has 0 atom stereocenters. The van der Waals surface area contributed by atoms with Gasteiger partial charge in [0.05, 0.1) is 5.92 Å². The summed E-state index contributed by atoms with van der Waals surface area (Å²) in [5.74, 6) is 1.09. The van der Waals surface area contributed by atoms with Gasteiger partial charge in [-0.25, -0.2) is 0 Å². The molecule has 5 rings (SSSR count). The Balaban J connectivity index is 1.40. The maximum Gasteiger partial charge on any atom is 0.306 e. The maximum absolute atomic E-state index is 11.3. The van der Waals surface area contributed by atoms with Gasteiger partial charge < -0.3 is 20.2 Å². The van der Waals surface area contributed by atoms with Crippen LogP contribution < -0.4 is 15.1 Å². The predicted molar refractivity (Wildman–Crippen MR) is 116 cm³/mol. The fourth-order valence-corrected chi connectivity index (χ4v) is 4.24. The van der Waals surface area contributed by atoms with Crippen molar-refractivity contribution < 1.29 is 19.7 Å². The van der Waals surface area contributed by atoms with Crippen LogP contribution in [-0.2, 0) is 22.8 Å². The van der Waals surface area contributed by atoms with Gasteiger partial charge in [0.25, 0.3) is 0 Å². The molecule has 2 aromatic carbocycles. The van der Waals surface area contributed by atoms with Crippen molar-refractivity contribution in [1.82, 2.24) is 10.2 Å². The molecule has 160 valence electrons. The van der Waals surface area contributed by atoms with Gasteiger partial charge in [0.1, 0.15) is 6.61 Å². The molecule has 0 bridgehead atoms. The summed E-state index contributed by atoms with van der Waals surface area (Å²) in [6.45, 7) is 2.26. The molecule has 2 aliphatic rings. The summed E-state index contributed by atoms with van der Waals surface area (Å²) in [6, 6.07) is 11.6. The van der Waals surface area contributed by atoms with Crippen LogP contribution in [0.2, 0.25) is 5.02 Å². The average Bonchev–Trinajstić information content (AvgIpc) is 3.25. The highest BCUT2D eigenvalue weighted by Crippen LogP contribution is 2.33. The summed E-state index contributed by atoms with van der Waals surface area (Å²) in [7, 11) is 0. The number of piperidine rings is 1. The monoisotopic (exact) mass is 440 g/mol. The Bertz CT molecular complexity index is 1150. The van der Waals surface area contributed by atoms with Crippen molar-refractivity contribution >= 4 is 40.0 Å². The summed E-state index contributed by atoms with van der Waals surface area (Å²) in [5, 5.41) is 23.9. The minimum absolute atomic E-state index is 0.304. The number of anilines is 2. The SMILES string of the molecule is O=C(O)C1CCN(c2nnc(NCc3ccc4c(c3)OOC4)c3ccc(Cl)cc23)CC1. The molecule has 1 fully saturated rings. The van der Waals surface area contributed by atoms with Crippen LogP contribution in [0.1, 0.15) is 24.0 Å². The number of carbonyl (C=O) groups is 1. The maximum atomic E-state index is 11.3. The number of carboxylic acid groups (broad SMARTS) is 1. The summed E-state index contributed by atoms with van der Waals surface area (Å²) < 4.78 is 0. The number of carboxylic acids is 1. The van der Waals surface area contributed by atoms with E-state index in [-0.39, 0.29) is 5.92 Å². The molecule has 0 unspecified atom stereocenters. The van der Waals surface area contributed by atoms with Gasteiger partial charge in [0.15, 0.2) is 17.4 Å². The molecule has 3 heterocycles. The number of aromatic nitrogens is 2. The molecule has 0 amide bonds. The number of hydrogen-bond acceptors (Lipinski definition) is 7. The molecule has 8 nitrogen and oxygen atoms in total. The first-order valence-electron chi connectivity index (χ1n) is 10.2. The van der Waals surface area contributed by atoms with Crippen molar-refractivity contribution in [2.45, 2.75) is 26.0 Å². The van der Waals surface area contributed by atoms with Crippen LogP contribution in [-0.4, -0.2) is 34.4 Å². The zero-order valence-corrected chi connectivity index (χ0v) is 17.4. The zero-order chi connectivity index (χ0) is 21.4. The Morgan fingerprint density at radius 2 is 2.00 bits per heavy atom. The Labute approximate surface area is 183 Å². The van der Waals surface area contributed by atoms with Crippen molar-refractivity contribution in [3.8, 4) is 5.75 Å². The van der Waals surface area contributed by atoms with Crippen LogP contribution in [0.5, 0.6) is 5.75 Å². The second kappa shape index (κ2) is 8.20. The molecule has 0 aliphatic carbocycles. The molecule has 2 N–H and O–H groups in total. The molecule has 9 heteroatoms. The highest BCUT2D eigenvalue weighted by Gasteiger charge is 2.26. The minimum Gasteiger partial charge on any atom is -0.481 e. The summed E-state index contributed by atoms with van der Waals surface area (Å²) >= 11 is 6.28. The van der Waals surface area contributed by atoms with E-state index in [1.165, 1.54) is 0 Å². The van der Waals surface area contributed by atoms with Gasteiger partial charge in [-0.1, -0.05) is 23.7 Å². The molecule has 2 aliphatic heterocycles. The van der Waals surface area contributed by atoms with Gasteiger partial charge in [-0.05, 0) is 42.7 Å². The third-order valence-corrected chi connectivity index (χ3v) is 6.06. The number of nitrogens with zero attached hydrogens (tertiary/aromatic N) is 3. The first-order chi connectivity index (χ1) is 15.1. The second-order valence-electron chi connectivity index (χ2n) is 7.80. The molecule has 3 aromatic rings. The third-order valence-electron chi connectivity index (χ3n) is 5.82. The lowest BCUT2D eigenvalue weighted by Gasteiger charge is -2.31. The predicted octanol–water partition coefficient (Wildman–Crippen LogP) is 4.02. The molecule has 31 heavy (non-hydrogen) atoms. The highest BCUT2D eigenvalue weighted by atomic mass is 35.5. The highest BCUT2D eigenvalue weighted by molar-refractivity contribution is 6.31. The largest absolute Gasteiger partial charge is 0.481 e. The van der Waals surface area contributed by atoms with E-state index in [0.717, 1.165) is 33.5 Å². The Hall–Kier alpha value is -3.10. The van der Waals surface area contributed by atoms with Crippen LogP contribution in [0.15, 0.2) is 36.4 Å². The van der Waals surface area contributed by atoms with Gasteiger partial charge in [-0.3, -0.25) is 4.79 Å². The molecule has 0 saturated carbocycles. The number of aliphatic carboxylic acids is 1. The van der Waals surface area contributed by atoms with Crippen LogP contribution in [0.3, 0.4) is 0 Å². The fourth-order valence-electron chi connectivity index (χ4n) is 4.06. The number of benzene rings is 2. The minimum atomic E-state index is -0.735. The molecular weight excluding hydrogens is 420 g/mol. The lowest BCUT2D eigenvalue weighted by molar-refractivity contribution is -0.194. The lowest BCUT2D eigenvalue weighted by Crippen LogP contribution is -2.37. The number of rotatable bonds is 5. The normalized spacial score (nSPS) is 16.2. The Kier molecular flexibility index (Phi) is 5.25. The second-order valence-corrected chi connectivity index (χ2v) is 8.24. The van der Waals surface area contributed by atoms with Crippen molar-refractivity contribution in [1.29, 1.82) is 0 Å². The number of fused-ring (bicyclic) bond motifs is 2. The van der Waals surface area contributed by atoms with E-state index < -0.39 is 5.97 Å². The number of hydrogen-bond donors (Lipinski definition) is 2. The first kappa shape index (κ1) is 19.8. The van der Waals surface area contributed by atoms with E-state index in [2.05, 4.69) is 20.4 Å². The Morgan fingerprint density at radius 3 is 2.81 bits per heavy atom. The summed E-state index contributed by atoms with van der Waals surface area (Å²) in [5.41, 5.74) is 2.06. The van der Waals surface area contributed by atoms with Crippen LogP contribution in [0.25, 0.3) is 10.8 Å².